The number of carbonyl (C=O) groups excluding carboxylic acids is 1. The molecule has 1 fully saturated rings. The molecule has 3 aromatic rings. The Kier molecular flexibility index (Phi) is 4.87. The highest BCUT2D eigenvalue weighted by molar-refractivity contribution is 6.07. The number of pyridine rings is 2. The highest BCUT2D eigenvalue weighted by Crippen LogP contribution is 2.30. The molecule has 0 unspecified atom stereocenters. The number of nitrogens with one attached hydrogen (secondary N) is 1. The molecule has 1 amide bonds. The standard InChI is InChI=1S/C20H18F2N4O2/c1-12-2-4-14-18(25-13-3-5-16(21)17(22)10-13)15(11-23-19(14)24-12)20(27)26-6-8-28-9-7-26/h2-5,10-11H,6-9H2,1H3,(H,23,24,25). The first-order chi connectivity index (χ1) is 13.5. The van der Waals surface area contributed by atoms with Gasteiger partial charge in [-0.15, -0.1) is 0 Å². The highest BCUT2D eigenvalue weighted by Gasteiger charge is 2.23. The third-order valence-electron chi connectivity index (χ3n) is 4.59. The van der Waals surface area contributed by atoms with Crippen LogP contribution in [0.2, 0.25) is 0 Å². The Morgan fingerprint density at radius 2 is 1.93 bits per heavy atom. The van der Waals surface area contributed by atoms with Gasteiger partial charge in [-0.1, -0.05) is 0 Å². The average molecular weight is 384 g/mol. The topological polar surface area (TPSA) is 67.4 Å². The zero-order chi connectivity index (χ0) is 19.7. The van der Waals surface area contributed by atoms with Gasteiger partial charge in [-0.2, -0.15) is 0 Å². The molecule has 28 heavy (non-hydrogen) atoms. The number of rotatable bonds is 3. The molecule has 6 nitrogen and oxygen atoms in total. The van der Waals surface area contributed by atoms with Gasteiger partial charge in [0.05, 0.1) is 24.5 Å². The predicted octanol–water partition coefficient (Wildman–Crippen LogP) is 3.43. The predicted molar refractivity (Wildman–Crippen MR) is 101 cm³/mol. The maximum absolute atomic E-state index is 13.7. The van der Waals surface area contributed by atoms with Crippen LogP contribution >= 0.6 is 0 Å². The van der Waals surface area contributed by atoms with Crippen LogP contribution in [0.4, 0.5) is 20.2 Å². The van der Waals surface area contributed by atoms with E-state index in [1.165, 1.54) is 12.3 Å². The second kappa shape index (κ2) is 7.47. The van der Waals surface area contributed by atoms with Crippen LogP contribution in [0.15, 0.2) is 36.5 Å². The van der Waals surface area contributed by atoms with Crippen molar-refractivity contribution >= 4 is 28.3 Å². The zero-order valence-corrected chi connectivity index (χ0v) is 15.2. The fraction of sp³-hybridized carbons (Fsp3) is 0.250. The minimum atomic E-state index is -0.974. The SMILES string of the molecule is Cc1ccc2c(Nc3ccc(F)c(F)c3)c(C(=O)N3CCOCC3)cnc2n1. The molecule has 1 N–H and O–H groups in total. The summed E-state index contributed by atoms with van der Waals surface area (Å²) in [5, 5.41) is 3.68. The zero-order valence-electron chi connectivity index (χ0n) is 15.2. The van der Waals surface area contributed by atoms with Crippen LogP contribution in [0.25, 0.3) is 11.0 Å². The number of benzene rings is 1. The number of hydrogen-bond acceptors (Lipinski definition) is 5. The molecule has 0 aliphatic carbocycles. The van der Waals surface area contributed by atoms with Crippen molar-refractivity contribution in [2.24, 2.45) is 0 Å². The number of amides is 1. The van der Waals surface area contributed by atoms with Crippen LogP contribution in [0, 0.1) is 18.6 Å². The number of anilines is 2. The number of nitrogens with zero attached hydrogens (tertiary/aromatic N) is 3. The number of aromatic nitrogens is 2. The third kappa shape index (κ3) is 3.50. The molecule has 0 bridgehead atoms. The number of halogens is 2. The average Bonchev–Trinajstić information content (AvgIpc) is 2.71. The van der Waals surface area contributed by atoms with Crippen LogP contribution in [0.1, 0.15) is 16.1 Å². The van der Waals surface area contributed by atoms with Crippen LogP contribution in [0.3, 0.4) is 0 Å². The largest absolute Gasteiger partial charge is 0.378 e. The first-order valence-electron chi connectivity index (χ1n) is 8.88. The van der Waals surface area contributed by atoms with Gasteiger partial charge >= 0.3 is 0 Å². The van der Waals surface area contributed by atoms with E-state index in [1.54, 1.807) is 4.90 Å². The summed E-state index contributed by atoms with van der Waals surface area (Å²) in [6, 6.07) is 7.11. The molecular weight excluding hydrogens is 366 g/mol. The molecule has 0 radical (unpaired) electrons. The second-order valence-corrected chi connectivity index (χ2v) is 6.53. The number of fused-ring (bicyclic) bond motifs is 1. The third-order valence-corrected chi connectivity index (χ3v) is 4.59. The van der Waals surface area contributed by atoms with Gasteiger partial charge in [0.1, 0.15) is 0 Å². The normalized spacial score (nSPS) is 14.3. The number of morpholine rings is 1. The Bertz CT molecular complexity index is 1050. The molecule has 2 aromatic heterocycles. The molecule has 1 aromatic carbocycles. The van der Waals surface area contributed by atoms with Crippen molar-refractivity contribution in [2.45, 2.75) is 6.92 Å². The van der Waals surface area contributed by atoms with E-state index in [0.29, 0.717) is 54.3 Å². The summed E-state index contributed by atoms with van der Waals surface area (Å²) >= 11 is 0. The van der Waals surface area contributed by atoms with Gasteiger partial charge in [0.25, 0.3) is 5.91 Å². The van der Waals surface area contributed by atoms with Crippen molar-refractivity contribution in [3.63, 3.8) is 0 Å². The first kappa shape index (κ1) is 18.2. The van der Waals surface area contributed by atoms with E-state index in [1.807, 2.05) is 19.1 Å². The Hall–Kier alpha value is -3.13. The fourth-order valence-electron chi connectivity index (χ4n) is 3.12. The Balaban J connectivity index is 1.81. The molecule has 4 rings (SSSR count). The maximum atomic E-state index is 13.7. The summed E-state index contributed by atoms with van der Waals surface area (Å²) in [6.07, 6.45) is 1.47. The molecule has 0 atom stereocenters. The van der Waals surface area contributed by atoms with Crippen molar-refractivity contribution in [2.75, 3.05) is 31.6 Å². The lowest BCUT2D eigenvalue weighted by atomic mass is 10.1. The van der Waals surface area contributed by atoms with Crippen LogP contribution in [-0.2, 0) is 4.74 Å². The molecule has 0 spiro atoms. The fourth-order valence-corrected chi connectivity index (χ4v) is 3.12. The van der Waals surface area contributed by atoms with E-state index in [9.17, 15) is 13.6 Å². The minimum absolute atomic E-state index is 0.205. The van der Waals surface area contributed by atoms with Gasteiger partial charge in [0.15, 0.2) is 17.3 Å². The van der Waals surface area contributed by atoms with Gasteiger partial charge in [0, 0.05) is 42.1 Å². The molecular formula is C20H18F2N4O2. The van der Waals surface area contributed by atoms with Crippen molar-refractivity contribution in [3.8, 4) is 0 Å². The Morgan fingerprint density at radius 3 is 2.68 bits per heavy atom. The maximum Gasteiger partial charge on any atom is 0.257 e. The van der Waals surface area contributed by atoms with Gasteiger partial charge in [-0.25, -0.2) is 18.7 Å². The molecule has 1 saturated heterocycles. The number of ether oxygens (including phenoxy) is 1. The first-order valence-corrected chi connectivity index (χ1v) is 8.88. The summed E-state index contributed by atoms with van der Waals surface area (Å²) in [6.45, 7) is 3.75. The van der Waals surface area contributed by atoms with Gasteiger partial charge in [-0.3, -0.25) is 4.79 Å². The van der Waals surface area contributed by atoms with E-state index in [0.717, 1.165) is 17.8 Å². The Labute approximate surface area is 160 Å². The van der Waals surface area contributed by atoms with Crippen molar-refractivity contribution in [1.82, 2.24) is 14.9 Å². The van der Waals surface area contributed by atoms with E-state index in [4.69, 9.17) is 4.74 Å². The number of aryl methyl sites for hydroxylation is 1. The quantitative estimate of drug-likeness (QED) is 0.749. The smallest absolute Gasteiger partial charge is 0.257 e. The van der Waals surface area contributed by atoms with Gasteiger partial charge < -0.3 is 15.0 Å². The van der Waals surface area contributed by atoms with Crippen LogP contribution in [0.5, 0.6) is 0 Å². The minimum Gasteiger partial charge on any atom is -0.378 e. The molecule has 1 aliphatic rings. The Morgan fingerprint density at radius 1 is 1.14 bits per heavy atom. The van der Waals surface area contributed by atoms with Crippen LogP contribution in [-0.4, -0.2) is 47.1 Å². The summed E-state index contributed by atoms with van der Waals surface area (Å²) < 4.78 is 32.3. The lowest BCUT2D eigenvalue weighted by molar-refractivity contribution is 0.0303. The lowest BCUT2D eigenvalue weighted by Gasteiger charge is -2.27. The van der Waals surface area contributed by atoms with Crippen molar-refractivity contribution < 1.29 is 18.3 Å². The number of hydrogen-bond donors (Lipinski definition) is 1. The van der Waals surface area contributed by atoms with Crippen molar-refractivity contribution in [1.29, 1.82) is 0 Å². The summed E-state index contributed by atoms with van der Waals surface area (Å²) in [5.41, 5.74) is 2.36. The van der Waals surface area contributed by atoms with Gasteiger partial charge in [0.2, 0.25) is 0 Å². The molecule has 144 valence electrons. The van der Waals surface area contributed by atoms with E-state index in [-0.39, 0.29) is 5.91 Å². The summed E-state index contributed by atoms with van der Waals surface area (Å²) in [7, 11) is 0. The molecule has 0 saturated carbocycles. The second-order valence-electron chi connectivity index (χ2n) is 6.53. The van der Waals surface area contributed by atoms with Crippen molar-refractivity contribution in [3.05, 3.63) is 59.4 Å². The van der Waals surface area contributed by atoms with E-state index < -0.39 is 11.6 Å². The monoisotopic (exact) mass is 384 g/mol. The highest BCUT2D eigenvalue weighted by atomic mass is 19.2. The molecule has 1 aliphatic heterocycles. The lowest BCUT2D eigenvalue weighted by Crippen LogP contribution is -2.41. The summed E-state index contributed by atoms with van der Waals surface area (Å²) in [4.78, 5) is 23.5. The molecule has 8 heteroatoms. The summed E-state index contributed by atoms with van der Waals surface area (Å²) in [5.74, 6) is -2.12. The molecule has 3 heterocycles. The van der Waals surface area contributed by atoms with Gasteiger partial charge in [-0.05, 0) is 31.2 Å². The van der Waals surface area contributed by atoms with Crippen LogP contribution < -0.4 is 5.32 Å². The van der Waals surface area contributed by atoms with E-state index in [2.05, 4.69) is 15.3 Å². The number of carbonyl (C=O) groups is 1. The van der Waals surface area contributed by atoms with E-state index >= 15 is 0 Å².